The van der Waals surface area contributed by atoms with E-state index in [1.807, 2.05) is 0 Å². The summed E-state index contributed by atoms with van der Waals surface area (Å²) in [5.74, 6) is -1.47. The summed E-state index contributed by atoms with van der Waals surface area (Å²) in [6, 6.07) is 2.35. The number of hydrogen-bond donors (Lipinski definition) is 2. The topological polar surface area (TPSA) is 64.4 Å². The molecule has 1 saturated heterocycles. The Morgan fingerprint density at radius 1 is 1.35 bits per heavy atom. The SMILES string of the molecule is Cl.NC[C@H]1CC[C@@H](C(=O)NCc2ccc(F)cc2C(F)(F)F)O1. The van der Waals surface area contributed by atoms with Crippen LogP contribution in [0.3, 0.4) is 0 Å². The fraction of sp³-hybridized carbons (Fsp3) is 0.500. The Hall–Kier alpha value is -1.38. The van der Waals surface area contributed by atoms with E-state index in [1.165, 1.54) is 0 Å². The largest absolute Gasteiger partial charge is 0.416 e. The molecule has 0 aliphatic carbocycles. The molecule has 0 bridgehead atoms. The normalized spacial score (nSPS) is 20.9. The third-order valence-electron chi connectivity index (χ3n) is 3.49. The van der Waals surface area contributed by atoms with E-state index in [-0.39, 0.29) is 30.6 Å². The monoisotopic (exact) mass is 356 g/mol. The number of benzene rings is 1. The van der Waals surface area contributed by atoms with E-state index in [9.17, 15) is 22.4 Å². The van der Waals surface area contributed by atoms with Gasteiger partial charge in [-0.2, -0.15) is 13.2 Å². The number of nitrogens with two attached hydrogens (primary N) is 1. The Bertz CT molecular complexity index is 554. The fourth-order valence-electron chi connectivity index (χ4n) is 2.33. The van der Waals surface area contributed by atoms with Crippen molar-refractivity contribution in [1.82, 2.24) is 5.32 Å². The number of ether oxygens (including phenoxy) is 1. The van der Waals surface area contributed by atoms with E-state index in [1.54, 1.807) is 0 Å². The van der Waals surface area contributed by atoms with Crippen molar-refractivity contribution in [2.24, 2.45) is 5.73 Å². The highest BCUT2D eigenvalue weighted by atomic mass is 35.5. The Balaban J connectivity index is 0.00000264. The Labute approximate surface area is 136 Å². The van der Waals surface area contributed by atoms with Gasteiger partial charge in [-0.3, -0.25) is 4.79 Å². The second kappa shape index (κ2) is 7.94. The molecule has 1 aliphatic rings. The van der Waals surface area contributed by atoms with E-state index in [2.05, 4.69) is 5.32 Å². The van der Waals surface area contributed by atoms with Crippen LogP contribution in [0, 0.1) is 5.82 Å². The highest BCUT2D eigenvalue weighted by Gasteiger charge is 2.34. The van der Waals surface area contributed by atoms with E-state index < -0.39 is 29.6 Å². The van der Waals surface area contributed by atoms with Crippen LogP contribution < -0.4 is 11.1 Å². The number of amides is 1. The van der Waals surface area contributed by atoms with Gasteiger partial charge in [0.25, 0.3) is 0 Å². The summed E-state index contributed by atoms with van der Waals surface area (Å²) in [6.45, 7) is -0.0545. The Morgan fingerprint density at radius 3 is 2.61 bits per heavy atom. The van der Waals surface area contributed by atoms with Gasteiger partial charge < -0.3 is 15.8 Å². The molecule has 1 aliphatic heterocycles. The molecule has 0 unspecified atom stereocenters. The number of halogens is 5. The summed E-state index contributed by atoms with van der Waals surface area (Å²) in [7, 11) is 0. The lowest BCUT2D eigenvalue weighted by molar-refractivity contribution is -0.139. The van der Waals surface area contributed by atoms with Gasteiger partial charge in [0, 0.05) is 13.1 Å². The van der Waals surface area contributed by atoms with Crippen molar-refractivity contribution in [3.05, 3.63) is 35.1 Å². The van der Waals surface area contributed by atoms with Crippen LogP contribution >= 0.6 is 12.4 Å². The standard InChI is InChI=1S/C14H16F4N2O2.ClH/c15-9-2-1-8(11(5-9)14(16,17)18)7-20-13(21)12-4-3-10(6-19)22-12;/h1-2,5,10,12H,3-4,6-7,19H2,(H,20,21);1H/t10-,12+;/m1./s1. The molecule has 1 aromatic carbocycles. The molecular weight excluding hydrogens is 340 g/mol. The molecule has 1 aromatic rings. The molecule has 23 heavy (non-hydrogen) atoms. The van der Waals surface area contributed by atoms with Crippen molar-refractivity contribution in [3.8, 4) is 0 Å². The van der Waals surface area contributed by atoms with Gasteiger partial charge in [-0.25, -0.2) is 4.39 Å². The van der Waals surface area contributed by atoms with Crippen LogP contribution in [0.1, 0.15) is 24.0 Å². The van der Waals surface area contributed by atoms with Crippen molar-refractivity contribution in [2.75, 3.05) is 6.54 Å². The molecule has 1 amide bonds. The molecule has 1 fully saturated rings. The summed E-state index contributed by atoms with van der Waals surface area (Å²) in [6.07, 6.45) is -4.48. The zero-order chi connectivity index (χ0) is 16.3. The van der Waals surface area contributed by atoms with Gasteiger partial charge >= 0.3 is 6.18 Å². The van der Waals surface area contributed by atoms with E-state index in [0.29, 0.717) is 25.5 Å². The van der Waals surface area contributed by atoms with Crippen LogP contribution in [0.5, 0.6) is 0 Å². The van der Waals surface area contributed by atoms with E-state index in [4.69, 9.17) is 10.5 Å². The van der Waals surface area contributed by atoms with Gasteiger partial charge in [-0.1, -0.05) is 6.07 Å². The van der Waals surface area contributed by atoms with Gasteiger partial charge in [0.1, 0.15) is 11.9 Å². The highest BCUT2D eigenvalue weighted by molar-refractivity contribution is 5.85. The molecule has 3 N–H and O–H groups in total. The van der Waals surface area contributed by atoms with Crippen LogP contribution in [-0.2, 0) is 22.3 Å². The van der Waals surface area contributed by atoms with Crippen LogP contribution in [0.2, 0.25) is 0 Å². The Kier molecular flexibility index (Phi) is 6.79. The molecule has 130 valence electrons. The maximum Gasteiger partial charge on any atom is 0.416 e. The quantitative estimate of drug-likeness (QED) is 0.814. The predicted octanol–water partition coefficient (Wildman–Crippen LogP) is 2.39. The molecule has 2 atom stereocenters. The van der Waals surface area contributed by atoms with Gasteiger partial charge in [0.15, 0.2) is 0 Å². The van der Waals surface area contributed by atoms with Crippen molar-refractivity contribution in [3.63, 3.8) is 0 Å². The number of carbonyl (C=O) groups excluding carboxylic acids is 1. The van der Waals surface area contributed by atoms with Crippen LogP contribution in [0.4, 0.5) is 17.6 Å². The minimum absolute atomic E-state index is 0. The number of alkyl halides is 3. The lowest BCUT2D eigenvalue weighted by Crippen LogP contribution is -2.35. The summed E-state index contributed by atoms with van der Waals surface area (Å²) >= 11 is 0. The minimum atomic E-state index is -4.68. The third-order valence-corrected chi connectivity index (χ3v) is 3.49. The molecule has 1 heterocycles. The maximum atomic E-state index is 13.0. The average molecular weight is 357 g/mol. The molecule has 9 heteroatoms. The van der Waals surface area contributed by atoms with Crippen molar-refractivity contribution < 1.29 is 27.1 Å². The number of hydrogen-bond acceptors (Lipinski definition) is 3. The zero-order valence-electron chi connectivity index (χ0n) is 12.0. The van der Waals surface area contributed by atoms with Crippen molar-refractivity contribution >= 4 is 18.3 Å². The first-order chi connectivity index (χ1) is 10.3. The Morgan fingerprint density at radius 2 is 2.04 bits per heavy atom. The molecule has 4 nitrogen and oxygen atoms in total. The smallest absolute Gasteiger partial charge is 0.364 e. The van der Waals surface area contributed by atoms with Crippen LogP contribution in [0.15, 0.2) is 18.2 Å². The summed E-state index contributed by atoms with van der Waals surface area (Å²) in [5.41, 5.74) is 4.13. The van der Waals surface area contributed by atoms with Crippen LogP contribution in [-0.4, -0.2) is 24.7 Å². The number of rotatable bonds is 4. The van der Waals surface area contributed by atoms with Crippen LogP contribution in [0.25, 0.3) is 0 Å². The molecule has 0 spiro atoms. The number of nitrogens with one attached hydrogen (secondary N) is 1. The third kappa shape index (κ3) is 5.05. The molecule has 0 radical (unpaired) electrons. The summed E-state index contributed by atoms with van der Waals surface area (Å²) in [5, 5.41) is 2.39. The van der Waals surface area contributed by atoms with Gasteiger partial charge in [0.2, 0.25) is 5.91 Å². The van der Waals surface area contributed by atoms with Gasteiger partial charge in [-0.15, -0.1) is 12.4 Å². The second-order valence-electron chi connectivity index (χ2n) is 5.08. The molecule has 0 aromatic heterocycles. The lowest BCUT2D eigenvalue weighted by Gasteiger charge is -2.16. The number of carbonyl (C=O) groups is 1. The maximum absolute atomic E-state index is 13.0. The van der Waals surface area contributed by atoms with Crippen molar-refractivity contribution in [2.45, 2.75) is 37.8 Å². The highest BCUT2D eigenvalue weighted by Crippen LogP contribution is 2.32. The van der Waals surface area contributed by atoms with Gasteiger partial charge in [0.05, 0.1) is 11.7 Å². The first-order valence-electron chi connectivity index (χ1n) is 6.80. The molecule has 0 saturated carbocycles. The average Bonchev–Trinajstić information content (AvgIpc) is 2.93. The minimum Gasteiger partial charge on any atom is -0.364 e. The first kappa shape index (κ1) is 19.7. The van der Waals surface area contributed by atoms with E-state index in [0.717, 1.165) is 12.1 Å². The van der Waals surface area contributed by atoms with Gasteiger partial charge in [-0.05, 0) is 30.5 Å². The second-order valence-corrected chi connectivity index (χ2v) is 5.08. The fourth-order valence-corrected chi connectivity index (χ4v) is 2.33. The summed E-state index contributed by atoms with van der Waals surface area (Å²) in [4.78, 5) is 11.9. The predicted molar refractivity (Wildman–Crippen MR) is 77.4 cm³/mol. The molecule has 2 rings (SSSR count). The summed E-state index contributed by atoms with van der Waals surface area (Å²) < 4.78 is 56.8. The zero-order valence-corrected chi connectivity index (χ0v) is 12.8. The molecular formula is C14H17ClF4N2O2. The van der Waals surface area contributed by atoms with Crippen molar-refractivity contribution in [1.29, 1.82) is 0 Å². The van der Waals surface area contributed by atoms with E-state index >= 15 is 0 Å². The lowest BCUT2D eigenvalue weighted by atomic mass is 10.1. The first-order valence-corrected chi connectivity index (χ1v) is 6.80.